The van der Waals surface area contributed by atoms with E-state index in [1.165, 1.54) is 0 Å². The summed E-state index contributed by atoms with van der Waals surface area (Å²) < 4.78 is 5.93. The largest absolute Gasteiger partial charge is 0.489 e. The Kier molecular flexibility index (Phi) is 4.52. The first-order valence-corrected chi connectivity index (χ1v) is 9.05. The maximum absolute atomic E-state index is 11.5. The van der Waals surface area contributed by atoms with Crippen LogP contribution in [0.2, 0.25) is 0 Å². The molecule has 134 valence electrons. The molecule has 3 aromatic carbocycles. The van der Waals surface area contributed by atoms with Crippen LogP contribution < -0.4 is 4.74 Å². The predicted octanol–water partition coefficient (Wildman–Crippen LogP) is 4.79. The van der Waals surface area contributed by atoms with Gasteiger partial charge in [0.2, 0.25) is 0 Å². The minimum absolute atomic E-state index is 0.409. The Bertz CT molecular complexity index is 1060. The fraction of sp³-hybridized carbons (Fsp3) is 0.217. The van der Waals surface area contributed by atoms with Gasteiger partial charge in [-0.3, -0.25) is 4.79 Å². The van der Waals surface area contributed by atoms with Crippen LogP contribution in [-0.2, 0) is 17.8 Å². The molecule has 0 fully saturated rings. The van der Waals surface area contributed by atoms with Crippen LogP contribution in [0.5, 0.6) is 5.75 Å². The van der Waals surface area contributed by atoms with Crippen LogP contribution in [0.1, 0.15) is 41.0 Å². The number of fused-ring (bicyclic) bond motifs is 2. The summed E-state index contributed by atoms with van der Waals surface area (Å²) in [6, 6.07) is 19.6. The number of carboxylic acids is 1. The van der Waals surface area contributed by atoms with E-state index >= 15 is 0 Å². The molecule has 1 aliphatic rings. The van der Waals surface area contributed by atoms with Gasteiger partial charge in [-0.15, -0.1) is 0 Å². The summed E-state index contributed by atoms with van der Waals surface area (Å²) >= 11 is 0. The first-order chi connectivity index (χ1) is 13.1. The van der Waals surface area contributed by atoms with Gasteiger partial charge in [0, 0.05) is 0 Å². The SMILES string of the molecule is N#Cc1ccc2cc(COc3ccc4c(c3)C(C(=O)O)CCC4)ccc2c1. The smallest absolute Gasteiger partial charge is 0.310 e. The Labute approximate surface area is 157 Å². The summed E-state index contributed by atoms with van der Waals surface area (Å²) in [6.45, 7) is 0.409. The zero-order chi connectivity index (χ0) is 18.8. The Morgan fingerprint density at radius 2 is 1.93 bits per heavy atom. The molecule has 0 saturated carbocycles. The van der Waals surface area contributed by atoms with Crippen molar-refractivity contribution in [1.82, 2.24) is 0 Å². The van der Waals surface area contributed by atoms with Gasteiger partial charge in [0.15, 0.2) is 0 Å². The summed E-state index contributed by atoms with van der Waals surface area (Å²) in [4.78, 5) is 11.5. The van der Waals surface area contributed by atoms with Crippen LogP contribution in [0, 0.1) is 11.3 Å². The summed E-state index contributed by atoms with van der Waals surface area (Å²) in [6.07, 6.45) is 2.52. The van der Waals surface area contributed by atoms with E-state index in [1.807, 2.05) is 48.5 Å². The highest BCUT2D eigenvalue weighted by Gasteiger charge is 2.26. The van der Waals surface area contributed by atoms with Crippen molar-refractivity contribution in [3.63, 3.8) is 0 Å². The van der Waals surface area contributed by atoms with Gasteiger partial charge in [-0.2, -0.15) is 5.26 Å². The van der Waals surface area contributed by atoms with E-state index in [0.717, 1.165) is 40.3 Å². The van der Waals surface area contributed by atoms with E-state index in [0.29, 0.717) is 24.3 Å². The lowest BCUT2D eigenvalue weighted by Crippen LogP contribution is -2.18. The molecule has 4 nitrogen and oxygen atoms in total. The van der Waals surface area contributed by atoms with Crippen molar-refractivity contribution in [2.24, 2.45) is 0 Å². The van der Waals surface area contributed by atoms with Crippen molar-refractivity contribution in [2.75, 3.05) is 0 Å². The Hall–Kier alpha value is -3.32. The molecule has 0 spiro atoms. The zero-order valence-corrected chi connectivity index (χ0v) is 14.8. The second-order valence-corrected chi connectivity index (χ2v) is 6.94. The van der Waals surface area contributed by atoms with E-state index in [-0.39, 0.29) is 0 Å². The van der Waals surface area contributed by atoms with Gasteiger partial charge < -0.3 is 9.84 Å². The Morgan fingerprint density at radius 1 is 1.11 bits per heavy atom. The van der Waals surface area contributed by atoms with Crippen LogP contribution in [0.4, 0.5) is 0 Å². The number of carbonyl (C=O) groups is 1. The maximum atomic E-state index is 11.5. The third-order valence-electron chi connectivity index (χ3n) is 5.17. The molecule has 0 aromatic heterocycles. The Morgan fingerprint density at radius 3 is 2.74 bits per heavy atom. The fourth-order valence-electron chi connectivity index (χ4n) is 3.74. The molecule has 0 heterocycles. The van der Waals surface area contributed by atoms with E-state index in [9.17, 15) is 9.90 Å². The second kappa shape index (κ2) is 7.13. The molecule has 4 rings (SSSR count). The normalized spacial score (nSPS) is 15.7. The molecule has 3 aromatic rings. The molecular weight excluding hydrogens is 338 g/mol. The average Bonchev–Trinajstić information content (AvgIpc) is 2.71. The van der Waals surface area contributed by atoms with Gasteiger partial charge in [-0.25, -0.2) is 0 Å². The monoisotopic (exact) mass is 357 g/mol. The summed E-state index contributed by atoms with van der Waals surface area (Å²) in [5.41, 5.74) is 3.67. The molecule has 1 unspecified atom stereocenters. The Balaban J connectivity index is 1.53. The lowest BCUT2D eigenvalue weighted by atomic mass is 9.83. The van der Waals surface area contributed by atoms with Gasteiger partial charge in [0.1, 0.15) is 12.4 Å². The van der Waals surface area contributed by atoms with Crippen molar-refractivity contribution in [1.29, 1.82) is 5.26 Å². The summed E-state index contributed by atoms with van der Waals surface area (Å²) in [5, 5.41) is 20.5. The first-order valence-electron chi connectivity index (χ1n) is 9.05. The molecule has 1 N–H and O–H groups in total. The van der Waals surface area contributed by atoms with Gasteiger partial charge in [0.25, 0.3) is 0 Å². The lowest BCUT2D eigenvalue weighted by molar-refractivity contribution is -0.139. The number of aliphatic carboxylic acids is 1. The van der Waals surface area contributed by atoms with Gasteiger partial charge in [0.05, 0.1) is 17.6 Å². The molecule has 0 amide bonds. The quantitative estimate of drug-likeness (QED) is 0.728. The van der Waals surface area contributed by atoms with E-state index in [1.54, 1.807) is 0 Å². The van der Waals surface area contributed by atoms with Crippen LogP contribution in [0.25, 0.3) is 10.8 Å². The molecule has 0 bridgehead atoms. The topological polar surface area (TPSA) is 70.3 Å². The molecule has 27 heavy (non-hydrogen) atoms. The van der Waals surface area contributed by atoms with Gasteiger partial charge in [-0.05, 0) is 77.1 Å². The molecule has 1 aliphatic carbocycles. The lowest BCUT2D eigenvalue weighted by Gasteiger charge is -2.23. The third kappa shape index (κ3) is 3.50. The third-order valence-corrected chi connectivity index (χ3v) is 5.17. The highest BCUT2D eigenvalue weighted by molar-refractivity contribution is 5.84. The van der Waals surface area contributed by atoms with E-state index in [2.05, 4.69) is 12.1 Å². The number of nitriles is 1. The molecule has 0 aliphatic heterocycles. The number of hydrogen-bond donors (Lipinski definition) is 1. The van der Waals surface area contributed by atoms with Crippen molar-refractivity contribution in [2.45, 2.75) is 31.8 Å². The van der Waals surface area contributed by atoms with Gasteiger partial charge >= 0.3 is 5.97 Å². The standard InChI is InChI=1S/C23H19NO3/c24-13-15-4-6-19-11-16(5-7-18(19)10-15)14-27-20-9-8-17-2-1-3-21(23(25)26)22(17)12-20/h4-12,21H,1-3,14H2,(H,25,26). The number of ether oxygens (including phenoxy) is 1. The number of carboxylic acid groups (broad SMARTS) is 1. The van der Waals surface area contributed by atoms with E-state index in [4.69, 9.17) is 10.00 Å². The number of hydrogen-bond acceptors (Lipinski definition) is 3. The van der Waals surface area contributed by atoms with Crippen molar-refractivity contribution < 1.29 is 14.6 Å². The zero-order valence-electron chi connectivity index (χ0n) is 14.8. The number of nitrogens with zero attached hydrogens (tertiary/aromatic N) is 1. The van der Waals surface area contributed by atoms with E-state index < -0.39 is 11.9 Å². The highest BCUT2D eigenvalue weighted by atomic mass is 16.5. The highest BCUT2D eigenvalue weighted by Crippen LogP contribution is 2.34. The number of benzene rings is 3. The molecule has 0 saturated heterocycles. The summed E-state index contributed by atoms with van der Waals surface area (Å²) in [5.74, 6) is -0.506. The fourth-order valence-corrected chi connectivity index (χ4v) is 3.74. The van der Waals surface area contributed by atoms with Crippen molar-refractivity contribution >= 4 is 16.7 Å². The minimum atomic E-state index is -0.764. The average molecular weight is 357 g/mol. The first kappa shape index (κ1) is 17.1. The van der Waals surface area contributed by atoms with Crippen LogP contribution in [0.3, 0.4) is 0 Å². The number of rotatable bonds is 4. The van der Waals surface area contributed by atoms with Crippen LogP contribution in [-0.4, -0.2) is 11.1 Å². The second-order valence-electron chi connectivity index (χ2n) is 6.94. The molecular formula is C23H19NO3. The molecule has 1 atom stereocenters. The van der Waals surface area contributed by atoms with Crippen molar-refractivity contribution in [3.8, 4) is 11.8 Å². The minimum Gasteiger partial charge on any atom is -0.489 e. The summed E-state index contributed by atoms with van der Waals surface area (Å²) in [7, 11) is 0. The number of aryl methyl sites for hydroxylation is 1. The molecule has 4 heteroatoms. The van der Waals surface area contributed by atoms with Crippen molar-refractivity contribution in [3.05, 3.63) is 76.9 Å². The van der Waals surface area contributed by atoms with Crippen LogP contribution in [0.15, 0.2) is 54.6 Å². The predicted molar refractivity (Wildman–Crippen MR) is 103 cm³/mol. The van der Waals surface area contributed by atoms with Crippen LogP contribution >= 0.6 is 0 Å². The van der Waals surface area contributed by atoms with Gasteiger partial charge in [-0.1, -0.05) is 24.3 Å². The maximum Gasteiger partial charge on any atom is 0.310 e. The molecule has 0 radical (unpaired) electrons.